The average molecular weight is 258 g/mol. The third kappa shape index (κ3) is 4.30. The van der Waals surface area contributed by atoms with E-state index in [1.165, 1.54) is 19.3 Å². The van der Waals surface area contributed by atoms with E-state index in [-0.39, 0.29) is 11.7 Å². The number of carbonyl (C=O) groups excluding carboxylic acids is 2. The van der Waals surface area contributed by atoms with Crippen LogP contribution in [-0.4, -0.2) is 11.6 Å². The van der Waals surface area contributed by atoms with Gasteiger partial charge in [-0.15, -0.1) is 0 Å². The Morgan fingerprint density at radius 1 is 0.947 bits per heavy atom. The van der Waals surface area contributed by atoms with Crippen molar-refractivity contribution in [3.63, 3.8) is 0 Å². The van der Waals surface area contributed by atoms with Gasteiger partial charge in [-0.05, 0) is 19.3 Å². The van der Waals surface area contributed by atoms with Crippen molar-refractivity contribution in [2.45, 2.75) is 51.4 Å². The second-order valence-electron chi connectivity index (χ2n) is 5.44. The van der Waals surface area contributed by atoms with E-state index in [1.54, 1.807) is 0 Å². The second-order valence-corrected chi connectivity index (χ2v) is 5.44. The van der Waals surface area contributed by atoms with Crippen molar-refractivity contribution in [3.8, 4) is 0 Å². The second kappa shape index (κ2) is 7.22. The molecule has 1 saturated carbocycles. The maximum atomic E-state index is 12.0. The summed E-state index contributed by atoms with van der Waals surface area (Å²) >= 11 is 0. The van der Waals surface area contributed by atoms with Gasteiger partial charge in [-0.1, -0.05) is 49.6 Å². The number of carbonyl (C=O) groups is 2. The lowest BCUT2D eigenvalue weighted by Gasteiger charge is -2.20. The maximum absolute atomic E-state index is 12.0. The molecule has 0 amide bonds. The molecule has 0 spiro atoms. The van der Waals surface area contributed by atoms with Crippen LogP contribution in [0.25, 0.3) is 0 Å². The summed E-state index contributed by atoms with van der Waals surface area (Å²) in [5, 5.41) is 0. The first-order valence-corrected chi connectivity index (χ1v) is 7.38. The number of Topliss-reactive ketones (excluding diaryl/α,β-unsaturated/α-hetero) is 2. The molecule has 0 radical (unpaired) electrons. The zero-order chi connectivity index (χ0) is 13.5. The average Bonchev–Trinajstić information content (AvgIpc) is 2.49. The minimum atomic E-state index is 0.150. The van der Waals surface area contributed by atoms with Crippen LogP contribution in [0.1, 0.15) is 61.7 Å². The summed E-state index contributed by atoms with van der Waals surface area (Å²) in [5.41, 5.74) is 0.757. The van der Waals surface area contributed by atoms with Crippen LogP contribution in [0.5, 0.6) is 0 Å². The van der Waals surface area contributed by atoms with Crippen LogP contribution in [0, 0.1) is 5.92 Å². The van der Waals surface area contributed by atoms with Crippen molar-refractivity contribution in [2.75, 3.05) is 0 Å². The number of benzene rings is 1. The molecule has 102 valence electrons. The van der Waals surface area contributed by atoms with Gasteiger partial charge >= 0.3 is 0 Å². The van der Waals surface area contributed by atoms with Crippen LogP contribution in [0.2, 0.25) is 0 Å². The van der Waals surface area contributed by atoms with E-state index in [9.17, 15) is 9.59 Å². The normalized spacial score (nSPS) is 16.2. The van der Waals surface area contributed by atoms with Crippen LogP contribution < -0.4 is 0 Å². The van der Waals surface area contributed by atoms with E-state index in [2.05, 4.69) is 0 Å². The first kappa shape index (κ1) is 14.0. The highest BCUT2D eigenvalue weighted by Gasteiger charge is 2.20. The molecule has 0 aromatic heterocycles. The lowest BCUT2D eigenvalue weighted by Crippen LogP contribution is -2.17. The fourth-order valence-corrected chi connectivity index (χ4v) is 2.82. The molecule has 0 heterocycles. The van der Waals surface area contributed by atoms with Gasteiger partial charge in [0.15, 0.2) is 5.78 Å². The molecule has 0 N–H and O–H groups in total. The largest absolute Gasteiger partial charge is 0.299 e. The van der Waals surface area contributed by atoms with Gasteiger partial charge in [-0.3, -0.25) is 9.59 Å². The quantitative estimate of drug-likeness (QED) is 0.717. The van der Waals surface area contributed by atoms with E-state index < -0.39 is 0 Å². The number of hydrogen-bond donors (Lipinski definition) is 0. The Balaban J connectivity index is 1.71. The SMILES string of the molecule is O=C(CCCC(=O)C1CCCCC1)c1ccccc1. The van der Waals surface area contributed by atoms with Gasteiger partial charge < -0.3 is 0 Å². The summed E-state index contributed by atoms with van der Waals surface area (Å²) in [6.07, 6.45) is 7.54. The molecule has 1 aliphatic rings. The molecular formula is C17H22O2. The van der Waals surface area contributed by atoms with Crippen molar-refractivity contribution in [3.05, 3.63) is 35.9 Å². The van der Waals surface area contributed by atoms with Crippen molar-refractivity contribution in [1.29, 1.82) is 0 Å². The number of hydrogen-bond acceptors (Lipinski definition) is 2. The Labute approximate surface area is 115 Å². The van der Waals surface area contributed by atoms with E-state index in [0.717, 1.165) is 18.4 Å². The van der Waals surface area contributed by atoms with Crippen molar-refractivity contribution >= 4 is 11.6 Å². The molecule has 19 heavy (non-hydrogen) atoms. The van der Waals surface area contributed by atoms with Crippen molar-refractivity contribution in [1.82, 2.24) is 0 Å². The Bertz CT molecular complexity index is 416. The molecule has 2 heteroatoms. The van der Waals surface area contributed by atoms with Crippen LogP contribution in [0.4, 0.5) is 0 Å². The summed E-state index contributed by atoms with van der Waals surface area (Å²) in [5.74, 6) is 0.804. The molecule has 0 unspecified atom stereocenters. The molecule has 1 fully saturated rings. The number of ketones is 2. The van der Waals surface area contributed by atoms with Crippen molar-refractivity contribution in [2.24, 2.45) is 5.92 Å². The highest BCUT2D eigenvalue weighted by Crippen LogP contribution is 2.25. The van der Waals surface area contributed by atoms with Gasteiger partial charge in [0, 0.05) is 24.3 Å². The summed E-state index contributed by atoms with van der Waals surface area (Å²) in [6.45, 7) is 0. The number of rotatable bonds is 6. The van der Waals surface area contributed by atoms with Crippen LogP contribution in [0.15, 0.2) is 30.3 Å². The summed E-state index contributed by atoms with van der Waals surface area (Å²) < 4.78 is 0. The van der Waals surface area contributed by atoms with Gasteiger partial charge in [-0.2, -0.15) is 0 Å². The monoisotopic (exact) mass is 258 g/mol. The highest BCUT2D eigenvalue weighted by atomic mass is 16.1. The third-order valence-electron chi connectivity index (χ3n) is 3.98. The fraction of sp³-hybridized carbons (Fsp3) is 0.529. The molecule has 0 bridgehead atoms. The summed E-state index contributed by atoms with van der Waals surface area (Å²) in [4.78, 5) is 23.9. The molecular weight excluding hydrogens is 236 g/mol. The Kier molecular flexibility index (Phi) is 5.31. The van der Waals surface area contributed by atoms with E-state index in [1.807, 2.05) is 30.3 Å². The zero-order valence-corrected chi connectivity index (χ0v) is 11.4. The molecule has 1 aromatic carbocycles. The molecule has 1 aliphatic carbocycles. The minimum absolute atomic E-state index is 0.150. The van der Waals surface area contributed by atoms with Crippen molar-refractivity contribution < 1.29 is 9.59 Å². The molecule has 0 saturated heterocycles. The first-order chi connectivity index (χ1) is 9.27. The van der Waals surface area contributed by atoms with E-state index >= 15 is 0 Å². The van der Waals surface area contributed by atoms with Gasteiger partial charge in [0.1, 0.15) is 5.78 Å². The smallest absolute Gasteiger partial charge is 0.162 e. The fourth-order valence-electron chi connectivity index (χ4n) is 2.82. The van der Waals surface area contributed by atoms with Gasteiger partial charge in [-0.25, -0.2) is 0 Å². The van der Waals surface area contributed by atoms with Crippen LogP contribution in [0.3, 0.4) is 0 Å². The van der Waals surface area contributed by atoms with E-state index in [4.69, 9.17) is 0 Å². The maximum Gasteiger partial charge on any atom is 0.162 e. The van der Waals surface area contributed by atoms with Gasteiger partial charge in [0.2, 0.25) is 0 Å². The first-order valence-electron chi connectivity index (χ1n) is 7.38. The Morgan fingerprint density at radius 3 is 2.32 bits per heavy atom. The summed E-state index contributed by atoms with van der Waals surface area (Å²) in [6, 6.07) is 9.33. The lowest BCUT2D eigenvalue weighted by atomic mass is 9.84. The molecule has 0 aliphatic heterocycles. The molecule has 1 aromatic rings. The Morgan fingerprint density at radius 2 is 1.63 bits per heavy atom. The predicted molar refractivity (Wildman–Crippen MR) is 76.2 cm³/mol. The van der Waals surface area contributed by atoms with Gasteiger partial charge in [0.05, 0.1) is 0 Å². The van der Waals surface area contributed by atoms with Gasteiger partial charge in [0.25, 0.3) is 0 Å². The topological polar surface area (TPSA) is 34.1 Å². The third-order valence-corrected chi connectivity index (χ3v) is 3.98. The summed E-state index contributed by atoms with van der Waals surface area (Å²) in [7, 11) is 0. The van der Waals surface area contributed by atoms with Crippen LogP contribution >= 0.6 is 0 Å². The minimum Gasteiger partial charge on any atom is -0.299 e. The lowest BCUT2D eigenvalue weighted by molar-refractivity contribution is -0.123. The van der Waals surface area contributed by atoms with E-state index in [0.29, 0.717) is 25.0 Å². The Hall–Kier alpha value is -1.44. The standard InChI is InChI=1S/C17H22O2/c18-16(14-8-3-1-4-9-14)12-7-13-17(19)15-10-5-2-6-11-15/h1,3-4,8-9,15H,2,5-7,10-13H2. The predicted octanol–water partition coefficient (Wildman–Crippen LogP) is 4.19. The molecule has 2 rings (SSSR count). The molecule has 2 nitrogen and oxygen atoms in total. The zero-order valence-electron chi connectivity index (χ0n) is 11.4. The highest BCUT2D eigenvalue weighted by molar-refractivity contribution is 5.96. The van der Waals surface area contributed by atoms with Crippen LogP contribution in [-0.2, 0) is 4.79 Å². The molecule has 0 atom stereocenters.